The predicted octanol–water partition coefficient (Wildman–Crippen LogP) is 2.00. The van der Waals surface area contributed by atoms with Crippen LogP contribution in [0.4, 0.5) is 0 Å². The van der Waals surface area contributed by atoms with E-state index < -0.39 is 0 Å². The predicted molar refractivity (Wildman–Crippen MR) is 86.9 cm³/mol. The number of carbonyl (C=O) groups is 1. The van der Waals surface area contributed by atoms with Crippen LogP contribution >= 0.6 is 11.3 Å². The molecule has 0 aliphatic rings. The van der Waals surface area contributed by atoms with E-state index >= 15 is 0 Å². The van der Waals surface area contributed by atoms with Crippen molar-refractivity contribution >= 4 is 22.2 Å². The second-order valence-electron chi connectivity index (χ2n) is 4.96. The van der Waals surface area contributed by atoms with E-state index in [9.17, 15) is 4.79 Å². The van der Waals surface area contributed by atoms with Gasteiger partial charge in [0.15, 0.2) is 0 Å². The van der Waals surface area contributed by atoms with Gasteiger partial charge in [-0.25, -0.2) is 14.5 Å². The Labute approximate surface area is 137 Å². The molecular formula is C15H17N5O2S. The highest BCUT2D eigenvalue weighted by Gasteiger charge is 2.14. The molecule has 0 spiro atoms. The second-order valence-corrected chi connectivity index (χ2v) is 6.00. The highest BCUT2D eigenvalue weighted by atomic mass is 32.1. The van der Waals surface area contributed by atoms with E-state index in [4.69, 9.17) is 4.74 Å². The number of hydrogen-bond acceptors (Lipinski definition) is 6. The van der Waals surface area contributed by atoms with Gasteiger partial charge in [-0.3, -0.25) is 4.79 Å². The van der Waals surface area contributed by atoms with Crippen LogP contribution < -0.4 is 10.1 Å². The van der Waals surface area contributed by atoms with Gasteiger partial charge in [0.1, 0.15) is 5.01 Å². The van der Waals surface area contributed by atoms with Crippen LogP contribution in [0.25, 0.3) is 4.96 Å². The van der Waals surface area contributed by atoms with Gasteiger partial charge in [0.2, 0.25) is 10.8 Å². The lowest BCUT2D eigenvalue weighted by molar-refractivity contribution is 0.0950. The largest absolute Gasteiger partial charge is 0.481 e. The number of fused-ring (bicyclic) bond motifs is 1. The molecule has 0 aromatic carbocycles. The van der Waals surface area contributed by atoms with E-state index in [2.05, 4.69) is 27.3 Å². The van der Waals surface area contributed by atoms with Crippen molar-refractivity contribution in [2.75, 3.05) is 7.11 Å². The molecule has 3 rings (SSSR count). The van der Waals surface area contributed by atoms with Crippen molar-refractivity contribution in [3.8, 4) is 5.88 Å². The normalized spacial score (nSPS) is 10.9. The zero-order chi connectivity index (χ0) is 16.4. The average Bonchev–Trinajstić information content (AvgIpc) is 3.09. The fraction of sp³-hybridized carbons (Fsp3) is 0.333. The summed E-state index contributed by atoms with van der Waals surface area (Å²) >= 11 is 1.57. The Balaban J connectivity index is 1.75. The van der Waals surface area contributed by atoms with Gasteiger partial charge in [0, 0.05) is 12.3 Å². The number of amides is 1. The van der Waals surface area contributed by atoms with E-state index in [-0.39, 0.29) is 5.91 Å². The monoisotopic (exact) mass is 331 g/mol. The van der Waals surface area contributed by atoms with E-state index in [0.717, 1.165) is 27.8 Å². The molecule has 0 saturated carbocycles. The smallest absolute Gasteiger partial charge is 0.253 e. The number of nitrogens with one attached hydrogen (secondary N) is 1. The quantitative estimate of drug-likeness (QED) is 0.773. The fourth-order valence-corrected chi connectivity index (χ4v) is 3.08. The summed E-state index contributed by atoms with van der Waals surface area (Å²) in [5.74, 6) is 0.282. The first-order valence-corrected chi connectivity index (χ1v) is 8.06. The van der Waals surface area contributed by atoms with Gasteiger partial charge in [-0.05, 0) is 19.4 Å². The lowest BCUT2D eigenvalue weighted by Gasteiger charge is -2.05. The first-order chi connectivity index (χ1) is 11.1. The number of methoxy groups -OCH3 is 1. The third kappa shape index (κ3) is 3.02. The summed E-state index contributed by atoms with van der Waals surface area (Å²) in [7, 11) is 1.54. The molecule has 23 heavy (non-hydrogen) atoms. The molecule has 3 aromatic heterocycles. The van der Waals surface area contributed by atoms with Crippen LogP contribution in [-0.2, 0) is 13.0 Å². The minimum absolute atomic E-state index is 0.194. The Morgan fingerprint density at radius 3 is 2.91 bits per heavy atom. The molecule has 0 unspecified atom stereocenters. The number of aromatic nitrogens is 4. The SMILES string of the molecule is CCc1nn2c(CNC(=O)c3ccc(OC)nc3)c(C)nc2s1. The first kappa shape index (κ1) is 15.4. The van der Waals surface area contributed by atoms with Gasteiger partial charge < -0.3 is 10.1 Å². The summed E-state index contributed by atoms with van der Waals surface area (Å²) < 4.78 is 6.79. The minimum Gasteiger partial charge on any atom is -0.481 e. The van der Waals surface area contributed by atoms with Gasteiger partial charge in [0.05, 0.1) is 30.6 Å². The van der Waals surface area contributed by atoms with Crippen molar-refractivity contribution in [1.29, 1.82) is 0 Å². The van der Waals surface area contributed by atoms with Crippen LogP contribution in [0.5, 0.6) is 5.88 Å². The Bertz CT molecular complexity index is 838. The van der Waals surface area contributed by atoms with Crippen LogP contribution in [0.1, 0.15) is 33.7 Å². The maximum absolute atomic E-state index is 12.2. The Hall–Kier alpha value is -2.48. The third-order valence-corrected chi connectivity index (χ3v) is 4.52. The lowest BCUT2D eigenvalue weighted by atomic mass is 10.2. The number of rotatable bonds is 5. The molecule has 1 N–H and O–H groups in total. The molecule has 3 aromatic rings. The molecule has 120 valence electrons. The minimum atomic E-state index is -0.194. The molecule has 7 nitrogen and oxygen atoms in total. The molecular weight excluding hydrogens is 314 g/mol. The highest BCUT2D eigenvalue weighted by molar-refractivity contribution is 7.16. The fourth-order valence-electron chi connectivity index (χ4n) is 2.18. The summed E-state index contributed by atoms with van der Waals surface area (Å²) in [5.41, 5.74) is 2.25. The van der Waals surface area contributed by atoms with E-state index in [1.54, 1.807) is 23.5 Å². The highest BCUT2D eigenvalue weighted by Crippen LogP contribution is 2.19. The van der Waals surface area contributed by atoms with Crippen molar-refractivity contribution < 1.29 is 9.53 Å². The van der Waals surface area contributed by atoms with Crippen molar-refractivity contribution in [1.82, 2.24) is 24.9 Å². The number of nitrogens with zero attached hydrogens (tertiary/aromatic N) is 4. The summed E-state index contributed by atoms with van der Waals surface area (Å²) in [5, 5.41) is 8.43. The molecule has 0 bridgehead atoms. The van der Waals surface area contributed by atoms with Gasteiger partial charge in [-0.1, -0.05) is 18.3 Å². The maximum atomic E-state index is 12.2. The molecule has 0 fully saturated rings. The molecule has 0 atom stereocenters. The van der Waals surface area contributed by atoms with E-state index in [1.165, 1.54) is 13.3 Å². The summed E-state index contributed by atoms with van der Waals surface area (Å²) in [6, 6.07) is 3.34. The topological polar surface area (TPSA) is 81.4 Å². The Morgan fingerprint density at radius 2 is 2.26 bits per heavy atom. The lowest BCUT2D eigenvalue weighted by Crippen LogP contribution is -2.24. The molecule has 8 heteroatoms. The average molecular weight is 331 g/mol. The maximum Gasteiger partial charge on any atom is 0.253 e. The number of carbonyl (C=O) groups excluding carboxylic acids is 1. The second kappa shape index (κ2) is 6.33. The van der Waals surface area contributed by atoms with Gasteiger partial charge >= 0.3 is 0 Å². The zero-order valence-corrected chi connectivity index (χ0v) is 14.0. The Morgan fingerprint density at radius 1 is 1.43 bits per heavy atom. The van der Waals surface area contributed by atoms with Crippen LogP contribution in [0.2, 0.25) is 0 Å². The first-order valence-electron chi connectivity index (χ1n) is 7.24. The Kier molecular flexibility index (Phi) is 4.24. The van der Waals surface area contributed by atoms with Crippen LogP contribution in [0, 0.1) is 6.92 Å². The van der Waals surface area contributed by atoms with E-state index in [1.807, 2.05) is 11.4 Å². The zero-order valence-electron chi connectivity index (χ0n) is 13.2. The molecule has 0 aliphatic heterocycles. The van der Waals surface area contributed by atoms with Crippen LogP contribution in [0.15, 0.2) is 18.3 Å². The molecule has 0 radical (unpaired) electrons. The van der Waals surface area contributed by atoms with Gasteiger partial charge in [0.25, 0.3) is 5.91 Å². The number of imidazole rings is 1. The molecule has 1 amide bonds. The molecule has 0 saturated heterocycles. The van der Waals surface area contributed by atoms with Crippen molar-refractivity contribution in [3.05, 3.63) is 40.3 Å². The van der Waals surface area contributed by atoms with Crippen LogP contribution in [0.3, 0.4) is 0 Å². The number of pyridine rings is 1. The van der Waals surface area contributed by atoms with Crippen molar-refractivity contribution in [2.24, 2.45) is 0 Å². The van der Waals surface area contributed by atoms with Crippen molar-refractivity contribution in [2.45, 2.75) is 26.8 Å². The van der Waals surface area contributed by atoms with Gasteiger partial charge in [-0.2, -0.15) is 5.10 Å². The standard InChI is InChI=1S/C15H17N5O2S/c1-4-13-19-20-11(9(2)18-15(20)23-13)8-17-14(21)10-5-6-12(22-3)16-7-10/h5-7H,4,8H2,1-3H3,(H,17,21). The number of ether oxygens (including phenoxy) is 1. The van der Waals surface area contributed by atoms with E-state index in [0.29, 0.717) is 18.0 Å². The molecule has 0 aliphatic carbocycles. The number of hydrogen-bond donors (Lipinski definition) is 1. The molecule has 3 heterocycles. The third-order valence-electron chi connectivity index (χ3n) is 3.46. The number of aryl methyl sites for hydroxylation is 2. The van der Waals surface area contributed by atoms with Crippen LogP contribution in [-0.4, -0.2) is 32.6 Å². The van der Waals surface area contributed by atoms with Gasteiger partial charge in [-0.15, -0.1) is 0 Å². The van der Waals surface area contributed by atoms with Crippen molar-refractivity contribution in [3.63, 3.8) is 0 Å². The summed E-state index contributed by atoms with van der Waals surface area (Å²) in [6.45, 7) is 4.34. The summed E-state index contributed by atoms with van der Waals surface area (Å²) in [6.07, 6.45) is 2.36. The summed E-state index contributed by atoms with van der Waals surface area (Å²) in [4.78, 5) is 21.6.